The van der Waals surface area contributed by atoms with Crippen LogP contribution < -0.4 is 9.64 Å². The quantitative estimate of drug-likeness (QED) is 0.244. The van der Waals surface area contributed by atoms with E-state index < -0.39 is 11.6 Å². The van der Waals surface area contributed by atoms with Gasteiger partial charge in [-0.25, -0.2) is 13.8 Å². The Balaban J connectivity index is 1.07. The molecule has 13 nitrogen and oxygen atoms in total. The topological polar surface area (TPSA) is 130 Å². The van der Waals surface area contributed by atoms with Gasteiger partial charge in [0.25, 0.3) is 5.91 Å². The summed E-state index contributed by atoms with van der Waals surface area (Å²) in [6, 6.07) is 5.20. The van der Waals surface area contributed by atoms with Crippen LogP contribution in [-0.4, -0.2) is 103 Å². The van der Waals surface area contributed by atoms with Crippen molar-refractivity contribution in [2.75, 3.05) is 51.3 Å². The van der Waals surface area contributed by atoms with E-state index >= 15 is 4.39 Å². The third kappa shape index (κ3) is 6.07. The first-order valence-corrected chi connectivity index (χ1v) is 16.8. The van der Waals surface area contributed by atoms with Gasteiger partial charge in [0.05, 0.1) is 43.8 Å². The molecule has 1 N–H and O–H groups in total. The Morgan fingerprint density at radius 1 is 1.02 bits per heavy atom. The van der Waals surface area contributed by atoms with Gasteiger partial charge in [-0.15, -0.1) is 5.10 Å². The number of carbonyl (C=O) groups is 2. The molecule has 5 aromatic rings. The van der Waals surface area contributed by atoms with Crippen molar-refractivity contribution in [1.82, 2.24) is 44.5 Å². The monoisotopic (exact) mass is 682 g/mol. The van der Waals surface area contributed by atoms with E-state index in [1.807, 2.05) is 27.9 Å². The number of carbonyl (C=O) groups excluding carboxylic acids is 2. The molecule has 4 aromatic heterocycles. The molecule has 0 radical (unpaired) electrons. The molecule has 258 valence electrons. The first kappa shape index (κ1) is 31.7. The number of nitrogens with one attached hydrogen (secondary N) is 1. The average molecular weight is 683 g/mol. The van der Waals surface area contributed by atoms with Crippen LogP contribution in [-0.2, 0) is 11.3 Å². The van der Waals surface area contributed by atoms with Gasteiger partial charge in [0.15, 0.2) is 17.4 Å². The average Bonchev–Trinajstić information content (AvgIpc) is 3.49. The summed E-state index contributed by atoms with van der Waals surface area (Å²) in [5.74, 6) is -0.402. The summed E-state index contributed by atoms with van der Waals surface area (Å²) < 4.78 is 39.2. The van der Waals surface area contributed by atoms with Gasteiger partial charge in [-0.2, -0.15) is 5.10 Å². The molecule has 1 aliphatic carbocycles. The largest absolute Gasteiger partial charge is 0.493 e. The van der Waals surface area contributed by atoms with E-state index in [0.717, 1.165) is 30.2 Å². The Hall–Kier alpha value is -5.60. The number of hydrogen-bond acceptors (Lipinski definition) is 8. The highest BCUT2D eigenvalue weighted by Crippen LogP contribution is 2.39. The summed E-state index contributed by atoms with van der Waals surface area (Å²) in [5.41, 5.74) is 3.19. The molecule has 8 rings (SSSR count). The summed E-state index contributed by atoms with van der Waals surface area (Å²) >= 11 is 0. The number of ether oxygens (including phenoxy) is 1. The van der Waals surface area contributed by atoms with Crippen LogP contribution in [0.2, 0.25) is 0 Å². The van der Waals surface area contributed by atoms with Gasteiger partial charge in [-0.3, -0.25) is 19.0 Å². The number of pyridine rings is 1. The molecule has 3 aliphatic rings. The number of rotatable bonds is 9. The van der Waals surface area contributed by atoms with Crippen molar-refractivity contribution in [3.63, 3.8) is 0 Å². The van der Waals surface area contributed by atoms with E-state index in [4.69, 9.17) is 4.74 Å². The van der Waals surface area contributed by atoms with Gasteiger partial charge in [-0.05, 0) is 42.5 Å². The minimum atomic E-state index is -0.488. The Labute approximate surface area is 286 Å². The van der Waals surface area contributed by atoms with Crippen LogP contribution in [0.25, 0.3) is 27.6 Å². The van der Waals surface area contributed by atoms with Crippen LogP contribution in [0, 0.1) is 11.6 Å². The summed E-state index contributed by atoms with van der Waals surface area (Å²) in [6.07, 6.45) is 13.2. The first-order valence-electron chi connectivity index (χ1n) is 16.8. The lowest BCUT2D eigenvalue weighted by Crippen LogP contribution is -2.49. The standard InChI is InChI=1S/C35H36F2N10O3/c1-50-30-15-24(36)19-38-34(30)43-11-13-44(14-12-43)35(49)29-17-28-26(23-18-40-47(21-23)25-4-5-25)16-27(32(37)33(28)41-29)22-3-2-8-45(20-22)31(48)6-9-46-10-7-39-42-46/h3,7,10,15-19,21,25,41H,2,4-6,8-9,11-14,20H2,1H3. The zero-order chi connectivity index (χ0) is 34.4. The fraction of sp³-hybridized carbons (Fsp3) is 0.371. The predicted octanol–water partition coefficient (Wildman–Crippen LogP) is 4.31. The highest BCUT2D eigenvalue weighted by Gasteiger charge is 2.30. The van der Waals surface area contributed by atoms with Crippen molar-refractivity contribution >= 4 is 34.1 Å². The maximum Gasteiger partial charge on any atom is 0.270 e. The predicted molar refractivity (Wildman–Crippen MR) is 180 cm³/mol. The summed E-state index contributed by atoms with van der Waals surface area (Å²) in [7, 11) is 1.47. The number of H-pyrrole nitrogens is 1. The number of nitrogens with zero attached hydrogens (tertiary/aromatic N) is 9. The molecular weight excluding hydrogens is 646 g/mol. The minimum Gasteiger partial charge on any atom is -0.493 e. The second-order valence-corrected chi connectivity index (χ2v) is 12.9. The molecule has 15 heteroatoms. The van der Waals surface area contributed by atoms with Gasteiger partial charge in [0.2, 0.25) is 5.91 Å². The number of hydrogen-bond donors (Lipinski definition) is 1. The first-order chi connectivity index (χ1) is 24.4. The normalized spacial score (nSPS) is 16.6. The highest BCUT2D eigenvalue weighted by atomic mass is 19.1. The molecule has 2 fully saturated rings. The summed E-state index contributed by atoms with van der Waals surface area (Å²) in [5, 5.41) is 12.9. The highest BCUT2D eigenvalue weighted by molar-refractivity contribution is 6.04. The number of benzene rings is 1. The fourth-order valence-corrected chi connectivity index (χ4v) is 6.83. The van der Waals surface area contributed by atoms with Crippen LogP contribution >= 0.6 is 0 Å². The Bertz CT molecular complexity index is 2090. The van der Waals surface area contributed by atoms with Gasteiger partial charge >= 0.3 is 0 Å². The number of aromatic nitrogens is 7. The van der Waals surface area contributed by atoms with Crippen molar-refractivity contribution in [2.45, 2.75) is 38.3 Å². The van der Waals surface area contributed by atoms with Crippen LogP contribution in [0.5, 0.6) is 5.75 Å². The molecule has 6 heterocycles. The van der Waals surface area contributed by atoms with E-state index in [1.165, 1.54) is 13.2 Å². The van der Waals surface area contributed by atoms with Crippen LogP contribution in [0.4, 0.5) is 14.6 Å². The fourth-order valence-electron chi connectivity index (χ4n) is 6.83. The molecule has 1 saturated heterocycles. The lowest BCUT2D eigenvalue weighted by atomic mass is 9.94. The van der Waals surface area contributed by atoms with Gasteiger partial charge in [0.1, 0.15) is 11.5 Å². The number of piperazine rings is 1. The van der Waals surface area contributed by atoms with Crippen molar-refractivity contribution in [1.29, 1.82) is 0 Å². The Kier molecular flexibility index (Phi) is 8.25. The number of aryl methyl sites for hydroxylation is 1. The maximum atomic E-state index is 16.6. The molecule has 0 bridgehead atoms. The van der Waals surface area contributed by atoms with Crippen LogP contribution in [0.3, 0.4) is 0 Å². The van der Waals surface area contributed by atoms with E-state index in [1.54, 1.807) is 39.1 Å². The van der Waals surface area contributed by atoms with Gasteiger partial charge < -0.3 is 24.4 Å². The zero-order valence-corrected chi connectivity index (χ0v) is 27.6. The summed E-state index contributed by atoms with van der Waals surface area (Å²) in [6.45, 7) is 2.93. The van der Waals surface area contributed by atoms with Crippen molar-refractivity contribution in [2.24, 2.45) is 0 Å². The van der Waals surface area contributed by atoms with E-state index in [0.29, 0.717) is 79.8 Å². The molecular formula is C35H36F2N10O3. The molecule has 0 spiro atoms. The second-order valence-electron chi connectivity index (χ2n) is 12.9. The van der Waals surface area contributed by atoms with E-state index in [9.17, 15) is 14.0 Å². The number of amides is 2. The number of anilines is 1. The molecule has 2 aliphatic heterocycles. The second kappa shape index (κ2) is 13.0. The van der Waals surface area contributed by atoms with Crippen LogP contribution in [0.1, 0.15) is 47.8 Å². The number of halogens is 2. The zero-order valence-electron chi connectivity index (χ0n) is 27.6. The van der Waals surface area contributed by atoms with E-state index in [2.05, 4.69) is 25.4 Å². The molecule has 0 atom stereocenters. The lowest BCUT2D eigenvalue weighted by molar-refractivity contribution is -0.131. The SMILES string of the molecule is COc1cc(F)cnc1N1CCN(C(=O)c2cc3c(-c4cnn(C5CC5)c4)cc(C4=CCCN(C(=O)CCn5ccnn5)C4)c(F)c3[nH]2)CC1. The number of aromatic amines is 1. The third-order valence-corrected chi connectivity index (χ3v) is 9.68. The third-order valence-electron chi connectivity index (χ3n) is 9.68. The van der Waals surface area contributed by atoms with Crippen LogP contribution in [0.15, 0.2) is 55.3 Å². The maximum absolute atomic E-state index is 16.6. The van der Waals surface area contributed by atoms with E-state index in [-0.39, 0.29) is 36.0 Å². The van der Waals surface area contributed by atoms with Gasteiger partial charge in [0, 0.05) is 80.7 Å². The Morgan fingerprint density at radius 3 is 2.62 bits per heavy atom. The van der Waals surface area contributed by atoms with Gasteiger partial charge in [-0.1, -0.05) is 11.3 Å². The molecule has 2 amide bonds. The number of fused-ring (bicyclic) bond motifs is 1. The van der Waals surface area contributed by atoms with Crippen molar-refractivity contribution in [3.8, 4) is 16.9 Å². The number of methoxy groups -OCH3 is 1. The molecule has 0 unspecified atom stereocenters. The molecule has 50 heavy (non-hydrogen) atoms. The summed E-state index contributed by atoms with van der Waals surface area (Å²) in [4.78, 5) is 39.8. The molecule has 1 saturated carbocycles. The van der Waals surface area contributed by atoms with Crippen molar-refractivity contribution < 1.29 is 23.1 Å². The Morgan fingerprint density at radius 2 is 1.86 bits per heavy atom. The smallest absolute Gasteiger partial charge is 0.270 e. The lowest BCUT2D eigenvalue weighted by Gasteiger charge is -2.35. The minimum absolute atomic E-state index is 0.0416. The molecule has 1 aromatic carbocycles. The van der Waals surface area contributed by atoms with Crippen molar-refractivity contribution in [3.05, 3.63) is 78.2 Å².